The van der Waals surface area contributed by atoms with Gasteiger partial charge in [0.15, 0.2) is 0 Å². The van der Waals surface area contributed by atoms with E-state index in [1.165, 1.54) is 11.0 Å². The molecule has 1 aliphatic heterocycles. The van der Waals surface area contributed by atoms with Crippen LogP contribution in [-0.2, 0) is 9.53 Å². The first-order valence-electron chi connectivity index (χ1n) is 3.78. The van der Waals surface area contributed by atoms with Crippen LogP contribution in [0.2, 0.25) is 0 Å². The minimum atomic E-state index is -0.548. The fourth-order valence-corrected chi connectivity index (χ4v) is 1.03. The van der Waals surface area contributed by atoms with Gasteiger partial charge in [-0.3, -0.25) is 4.79 Å². The summed E-state index contributed by atoms with van der Waals surface area (Å²) in [7, 11) is 0. The lowest BCUT2D eigenvalue weighted by molar-refractivity contribution is -0.128. The highest BCUT2D eigenvalue weighted by atomic mass is 16.5. The fraction of sp³-hybridized carbons (Fsp3) is 0.571. The third-order valence-electron chi connectivity index (χ3n) is 1.71. The van der Waals surface area contributed by atoms with Gasteiger partial charge in [-0.25, -0.2) is 0 Å². The SMILES string of the molecule is N#C/C(=N\O)C(=O)N1CCOCC1. The van der Waals surface area contributed by atoms with Crippen LogP contribution in [0.5, 0.6) is 0 Å². The van der Waals surface area contributed by atoms with Crippen molar-refractivity contribution in [2.75, 3.05) is 26.3 Å². The average Bonchev–Trinajstić information content (AvgIpc) is 2.21. The highest BCUT2D eigenvalue weighted by Crippen LogP contribution is 1.98. The van der Waals surface area contributed by atoms with Gasteiger partial charge in [-0.15, -0.1) is 0 Å². The lowest BCUT2D eigenvalue weighted by Gasteiger charge is -2.25. The summed E-state index contributed by atoms with van der Waals surface area (Å²) < 4.78 is 5.02. The smallest absolute Gasteiger partial charge is 0.287 e. The molecule has 0 bridgehead atoms. The van der Waals surface area contributed by atoms with Crippen molar-refractivity contribution in [2.24, 2.45) is 5.16 Å². The van der Waals surface area contributed by atoms with Gasteiger partial charge in [0, 0.05) is 13.1 Å². The topological polar surface area (TPSA) is 85.9 Å². The number of nitriles is 1. The number of hydrogen-bond acceptors (Lipinski definition) is 5. The Morgan fingerprint density at radius 1 is 1.54 bits per heavy atom. The zero-order valence-corrected chi connectivity index (χ0v) is 6.93. The Morgan fingerprint density at radius 3 is 2.62 bits per heavy atom. The summed E-state index contributed by atoms with van der Waals surface area (Å²) in [6.45, 7) is 1.77. The predicted octanol–water partition coefficient (Wildman–Crippen LogP) is -0.801. The molecule has 6 heteroatoms. The quantitative estimate of drug-likeness (QED) is 0.327. The number of nitrogens with zero attached hydrogens (tertiary/aromatic N) is 3. The number of carbonyl (C=O) groups excluding carboxylic acids is 1. The number of rotatable bonds is 1. The number of oxime groups is 1. The summed E-state index contributed by atoms with van der Waals surface area (Å²) in [6, 6.07) is 1.52. The monoisotopic (exact) mass is 183 g/mol. The van der Waals surface area contributed by atoms with Crippen LogP contribution in [0.15, 0.2) is 5.16 Å². The lowest BCUT2D eigenvalue weighted by Crippen LogP contribution is -2.43. The highest BCUT2D eigenvalue weighted by molar-refractivity contribution is 6.44. The molecule has 1 rings (SSSR count). The van der Waals surface area contributed by atoms with Gasteiger partial charge in [0.05, 0.1) is 13.2 Å². The van der Waals surface area contributed by atoms with Crippen molar-refractivity contribution in [1.82, 2.24) is 4.90 Å². The Balaban J connectivity index is 2.61. The first kappa shape index (κ1) is 9.48. The maximum Gasteiger partial charge on any atom is 0.287 e. The molecule has 70 valence electrons. The third-order valence-corrected chi connectivity index (χ3v) is 1.71. The van der Waals surface area contributed by atoms with Gasteiger partial charge in [0.2, 0.25) is 5.71 Å². The largest absolute Gasteiger partial charge is 0.410 e. The molecule has 6 nitrogen and oxygen atoms in total. The van der Waals surface area contributed by atoms with Crippen molar-refractivity contribution < 1.29 is 14.7 Å². The summed E-state index contributed by atoms with van der Waals surface area (Å²) in [5, 5.41) is 19.3. The minimum absolute atomic E-state index is 0.430. The molecule has 0 aliphatic carbocycles. The van der Waals surface area contributed by atoms with Gasteiger partial charge in [-0.1, -0.05) is 5.16 Å². The van der Waals surface area contributed by atoms with E-state index in [-0.39, 0.29) is 0 Å². The number of ether oxygens (including phenoxy) is 1. The van der Waals surface area contributed by atoms with Crippen LogP contribution in [0.25, 0.3) is 0 Å². The van der Waals surface area contributed by atoms with Crippen molar-refractivity contribution in [3.8, 4) is 6.07 Å². The summed E-state index contributed by atoms with van der Waals surface area (Å²) in [5.41, 5.74) is -0.484. The van der Waals surface area contributed by atoms with Crippen molar-refractivity contribution in [1.29, 1.82) is 5.26 Å². The second kappa shape index (κ2) is 4.42. The molecule has 0 aromatic heterocycles. The molecule has 0 saturated carbocycles. The molecular formula is C7H9N3O3. The molecule has 13 heavy (non-hydrogen) atoms. The van der Waals surface area contributed by atoms with E-state index < -0.39 is 11.6 Å². The zero-order chi connectivity index (χ0) is 9.68. The lowest BCUT2D eigenvalue weighted by atomic mass is 10.3. The zero-order valence-electron chi connectivity index (χ0n) is 6.93. The Labute approximate surface area is 75.0 Å². The van der Waals surface area contributed by atoms with Crippen LogP contribution < -0.4 is 0 Å². The summed E-state index contributed by atoms with van der Waals surface area (Å²) in [5.74, 6) is -0.548. The maximum absolute atomic E-state index is 11.3. The summed E-state index contributed by atoms with van der Waals surface area (Å²) in [4.78, 5) is 12.7. The summed E-state index contributed by atoms with van der Waals surface area (Å²) >= 11 is 0. The van der Waals surface area contributed by atoms with Crippen LogP contribution in [0.1, 0.15) is 0 Å². The predicted molar refractivity (Wildman–Crippen MR) is 42.2 cm³/mol. The molecule has 0 aromatic rings. The number of carbonyl (C=O) groups is 1. The van der Waals surface area contributed by atoms with Crippen molar-refractivity contribution in [3.63, 3.8) is 0 Å². The fourth-order valence-electron chi connectivity index (χ4n) is 1.03. The molecule has 1 aliphatic rings. The van der Waals surface area contributed by atoms with E-state index in [4.69, 9.17) is 15.2 Å². The molecule has 0 unspecified atom stereocenters. The van der Waals surface area contributed by atoms with Crippen LogP contribution >= 0.6 is 0 Å². The van der Waals surface area contributed by atoms with E-state index in [1.54, 1.807) is 0 Å². The van der Waals surface area contributed by atoms with Crippen molar-refractivity contribution >= 4 is 11.6 Å². The van der Waals surface area contributed by atoms with Crippen molar-refractivity contribution in [2.45, 2.75) is 0 Å². The van der Waals surface area contributed by atoms with E-state index in [1.807, 2.05) is 0 Å². The van der Waals surface area contributed by atoms with Gasteiger partial charge in [0.1, 0.15) is 6.07 Å². The molecule has 0 radical (unpaired) electrons. The maximum atomic E-state index is 11.3. The molecule has 1 heterocycles. The Bertz CT molecular complexity index is 263. The van der Waals surface area contributed by atoms with E-state index >= 15 is 0 Å². The highest BCUT2D eigenvalue weighted by Gasteiger charge is 2.21. The van der Waals surface area contributed by atoms with Gasteiger partial charge >= 0.3 is 0 Å². The molecule has 0 spiro atoms. The Morgan fingerprint density at radius 2 is 2.15 bits per heavy atom. The molecule has 0 atom stereocenters. The van der Waals surface area contributed by atoms with Crippen LogP contribution in [-0.4, -0.2) is 48.0 Å². The molecule has 1 saturated heterocycles. The third kappa shape index (κ3) is 2.16. The molecule has 1 amide bonds. The Hall–Kier alpha value is -1.61. The normalized spacial score (nSPS) is 18.1. The van der Waals surface area contributed by atoms with Crippen LogP contribution in [0.3, 0.4) is 0 Å². The standard InChI is InChI=1S/C7H9N3O3/c8-5-6(9-12)7(11)10-1-3-13-4-2-10/h12H,1-4H2/b9-6+. The average molecular weight is 183 g/mol. The van der Waals surface area contributed by atoms with Crippen LogP contribution in [0, 0.1) is 11.3 Å². The Kier molecular flexibility index (Phi) is 3.23. The van der Waals surface area contributed by atoms with E-state index in [0.29, 0.717) is 26.3 Å². The van der Waals surface area contributed by atoms with Crippen LogP contribution in [0.4, 0.5) is 0 Å². The van der Waals surface area contributed by atoms with Gasteiger partial charge in [0.25, 0.3) is 5.91 Å². The first-order valence-corrected chi connectivity index (χ1v) is 3.78. The molecule has 1 fully saturated rings. The van der Waals surface area contributed by atoms with Gasteiger partial charge < -0.3 is 14.8 Å². The number of amides is 1. The first-order chi connectivity index (χ1) is 6.29. The second-order valence-corrected chi connectivity index (χ2v) is 2.46. The van der Waals surface area contributed by atoms with E-state index in [9.17, 15) is 4.79 Å². The number of hydrogen-bond donors (Lipinski definition) is 1. The van der Waals surface area contributed by atoms with Crippen molar-refractivity contribution in [3.05, 3.63) is 0 Å². The molecule has 1 N–H and O–H groups in total. The minimum Gasteiger partial charge on any atom is -0.410 e. The molecule has 0 aromatic carbocycles. The second-order valence-electron chi connectivity index (χ2n) is 2.46. The molecular weight excluding hydrogens is 174 g/mol. The van der Waals surface area contributed by atoms with E-state index in [0.717, 1.165) is 0 Å². The number of morpholine rings is 1. The van der Waals surface area contributed by atoms with Gasteiger partial charge in [-0.2, -0.15) is 5.26 Å². The van der Waals surface area contributed by atoms with Gasteiger partial charge in [-0.05, 0) is 0 Å². The summed E-state index contributed by atoms with van der Waals surface area (Å²) in [6.07, 6.45) is 0. The van der Waals surface area contributed by atoms with E-state index in [2.05, 4.69) is 5.16 Å².